The molecule has 8 heteroatoms. The van der Waals surface area contributed by atoms with Crippen LogP contribution in [0.2, 0.25) is 0 Å². The summed E-state index contributed by atoms with van der Waals surface area (Å²) in [5.74, 6) is 2.06. The zero-order chi connectivity index (χ0) is 36.7. The van der Waals surface area contributed by atoms with E-state index in [2.05, 4.69) is 110 Å². The summed E-state index contributed by atoms with van der Waals surface area (Å²) in [5, 5.41) is 15.6. The van der Waals surface area contributed by atoms with Crippen molar-refractivity contribution in [1.29, 1.82) is 0 Å². The molecule has 54 heavy (non-hydrogen) atoms. The van der Waals surface area contributed by atoms with Crippen LogP contribution in [0.5, 0.6) is 11.5 Å². The highest BCUT2D eigenvalue weighted by atomic mass is 16.5. The van der Waals surface area contributed by atoms with Gasteiger partial charge in [0.25, 0.3) is 0 Å². The minimum atomic E-state index is -0.858. The molecule has 0 aliphatic rings. The average molecular weight is 709 g/mol. The molecule has 0 saturated heterocycles. The van der Waals surface area contributed by atoms with Crippen molar-refractivity contribution in [2.24, 2.45) is 5.73 Å². The van der Waals surface area contributed by atoms with Gasteiger partial charge in [0.05, 0.1) is 5.52 Å². The third-order valence-corrected chi connectivity index (χ3v) is 9.66. The molecular weight excluding hydrogens is 669 g/mol. The number of ether oxygens (including phenoxy) is 2. The zero-order valence-electron chi connectivity index (χ0n) is 30.0. The lowest BCUT2D eigenvalue weighted by Gasteiger charge is -2.34. The maximum atomic E-state index is 6.44. The molecule has 0 amide bonds. The molecule has 2 aromatic heterocycles. The molecule has 8 nitrogen and oxygen atoms in total. The number of hydrogen-bond acceptors (Lipinski definition) is 7. The van der Waals surface area contributed by atoms with Gasteiger partial charge in [-0.2, -0.15) is 0 Å². The van der Waals surface area contributed by atoms with Gasteiger partial charge in [0, 0.05) is 29.3 Å². The Morgan fingerprint density at radius 1 is 0.648 bits per heavy atom. The lowest BCUT2D eigenvalue weighted by Crippen LogP contribution is -2.39. The van der Waals surface area contributed by atoms with Gasteiger partial charge in [-0.1, -0.05) is 146 Å². The highest BCUT2D eigenvalue weighted by molar-refractivity contribution is 5.86. The van der Waals surface area contributed by atoms with Crippen LogP contribution >= 0.6 is 0 Å². The molecule has 8 aromatic rings. The number of fused-ring (bicyclic) bond motifs is 1. The van der Waals surface area contributed by atoms with Crippen LogP contribution in [0.4, 0.5) is 0 Å². The van der Waals surface area contributed by atoms with Crippen molar-refractivity contribution in [3.05, 3.63) is 192 Å². The van der Waals surface area contributed by atoms with E-state index in [1.54, 1.807) is 4.80 Å². The Morgan fingerprint density at radius 3 is 1.87 bits per heavy atom. The van der Waals surface area contributed by atoms with Gasteiger partial charge >= 0.3 is 0 Å². The van der Waals surface area contributed by atoms with Gasteiger partial charge in [-0.05, 0) is 63.2 Å². The van der Waals surface area contributed by atoms with E-state index in [1.807, 2.05) is 60.7 Å². The van der Waals surface area contributed by atoms with E-state index in [0.29, 0.717) is 25.6 Å². The van der Waals surface area contributed by atoms with Crippen LogP contribution in [0.3, 0.4) is 0 Å². The highest BCUT2D eigenvalue weighted by Gasteiger charge is 2.41. The lowest BCUT2D eigenvalue weighted by molar-refractivity contribution is 0.309. The summed E-state index contributed by atoms with van der Waals surface area (Å²) < 4.78 is 12.2. The lowest BCUT2D eigenvalue weighted by atomic mass is 9.77. The maximum absolute atomic E-state index is 6.44. The Labute approximate surface area is 314 Å². The van der Waals surface area contributed by atoms with Crippen LogP contribution in [0.15, 0.2) is 164 Å². The summed E-state index contributed by atoms with van der Waals surface area (Å²) in [5.41, 5.74) is 13.7. The van der Waals surface area contributed by atoms with Crippen LogP contribution in [0.25, 0.3) is 33.4 Å². The fourth-order valence-corrected chi connectivity index (χ4v) is 7.01. The van der Waals surface area contributed by atoms with Gasteiger partial charge in [-0.25, -0.2) is 0 Å². The number of tetrazole rings is 1. The largest absolute Gasteiger partial charge is 0.492 e. The fraction of sp³-hybridized carbons (Fsp3) is 0.130. The Hall–Kier alpha value is -6.64. The normalized spacial score (nSPS) is 11.4. The Kier molecular flexibility index (Phi) is 9.91. The standard InChI is InChI=1S/C46H40N6O2/c1-2-38-30-44(42-31-39(53-29-28-47)26-27-43(42)48-38)54-32-33-22-24-34(25-23-33)40-20-12-13-21-41(40)45-49-51-52(50-45)46(35-14-6-3-7-15-35,36-16-8-4-9-17-36)37-18-10-5-11-19-37/h3-27,30-31H,2,28-29,32,47H2,1H3. The molecule has 266 valence electrons. The first-order valence-electron chi connectivity index (χ1n) is 18.2. The van der Waals surface area contributed by atoms with Crippen molar-refractivity contribution < 1.29 is 9.47 Å². The molecule has 0 radical (unpaired) electrons. The number of pyridine rings is 1. The van der Waals surface area contributed by atoms with Crippen molar-refractivity contribution in [1.82, 2.24) is 25.2 Å². The van der Waals surface area contributed by atoms with E-state index in [0.717, 1.165) is 73.5 Å². The van der Waals surface area contributed by atoms with E-state index in [-0.39, 0.29) is 0 Å². The zero-order valence-corrected chi connectivity index (χ0v) is 30.0. The van der Waals surface area contributed by atoms with Crippen LogP contribution in [-0.2, 0) is 18.6 Å². The predicted molar refractivity (Wildman–Crippen MR) is 213 cm³/mol. The van der Waals surface area contributed by atoms with Gasteiger partial charge in [-0.3, -0.25) is 4.98 Å². The molecule has 0 bridgehead atoms. The number of hydrogen-bond donors (Lipinski definition) is 1. The van der Waals surface area contributed by atoms with Gasteiger partial charge in [-0.15, -0.1) is 15.0 Å². The van der Waals surface area contributed by atoms with Gasteiger partial charge in [0.1, 0.15) is 24.7 Å². The molecule has 0 atom stereocenters. The van der Waals surface area contributed by atoms with Gasteiger partial charge in [0.2, 0.25) is 5.82 Å². The van der Waals surface area contributed by atoms with Crippen molar-refractivity contribution in [2.45, 2.75) is 25.5 Å². The highest BCUT2D eigenvalue weighted by Crippen LogP contribution is 2.40. The molecule has 0 saturated carbocycles. The predicted octanol–water partition coefficient (Wildman–Crippen LogP) is 8.87. The quantitative estimate of drug-likeness (QED) is 0.119. The number of nitrogens with two attached hydrogens (primary N) is 1. The van der Waals surface area contributed by atoms with Crippen molar-refractivity contribution in [2.75, 3.05) is 13.2 Å². The third-order valence-electron chi connectivity index (χ3n) is 9.66. The first-order valence-corrected chi connectivity index (χ1v) is 18.2. The van der Waals surface area contributed by atoms with E-state index in [1.165, 1.54) is 0 Å². The minimum Gasteiger partial charge on any atom is -0.492 e. The second kappa shape index (κ2) is 15.5. The summed E-state index contributed by atoms with van der Waals surface area (Å²) in [6.07, 6.45) is 0.806. The maximum Gasteiger partial charge on any atom is 0.205 e. The fourth-order valence-electron chi connectivity index (χ4n) is 7.01. The number of aryl methyl sites for hydroxylation is 1. The molecule has 6 aromatic carbocycles. The number of aromatic nitrogens is 5. The van der Waals surface area contributed by atoms with Crippen molar-refractivity contribution >= 4 is 10.9 Å². The average Bonchev–Trinajstić information content (AvgIpc) is 3.74. The summed E-state index contributed by atoms with van der Waals surface area (Å²) in [4.78, 5) is 6.56. The smallest absolute Gasteiger partial charge is 0.205 e. The number of rotatable bonds is 13. The molecule has 0 aliphatic heterocycles. The summed E-state index contributed by atoms with van der Waals surface area (Å²) in [6.45, 7) is 3.38. The molecule has 2 heterocycles. The Morgan fingerprint density at radius 2 is 1.26 bits per heavy atom. The summed E-state index contributed by atoms with van der Waals surface area (Å²) in [7, 11) is 0. The molecule has 2 N–H and O–H groups in total. The molecular formula is C46H40N6O2. The van der Waals surface area contributed by atoms with Crippen LogP contribution in [0.1, 0.15) is 34.9 Å². The summed E-state index contributed by atoms with van der Waals surface area (Å²) >= 11 is 0. The number of benzene rings is 6. The van der Waals surface area contributed by atoms with E-state index < -0.39 is 5.54 Å². The molecule has 0 unspecified atom stereocenters. The third kappa shape index (κ3) is 6.71. The Balaban J connectivity index is 1.11. The molecule has 0 fully saturated rings. The number of nitrogens with zero attached hydrogens (tertiary/aromatic N) is 5. The SMILES string of the molecule is CCc1cc(OCc2ccc(-c3ccccc3-c3nnn(C(c4ccccc4)(c4ccccc4)c4ccccc4)n3)cc2)c2cc(OCCN)ccc2n1. The van der Waals surface area contributed by atoms with Crippen LogP contribution in [-0.4, -0.2) is 38.3 Å². The second-order valence-corrected chi connectivity index (χ2v) is 13.0. The van der Waals surface area contributed by atoms with E-state index in [9.17, 15) is 0 Å². The minimum absolute atomic E-state index is 0.397. The Bertz CT molecular complexity index is 2370. The topological polar surface area (TPSA) is 101 Å². The summed E-state index contributed by atoms with van der Waals surface area (Å²) in [6, 6.07) is 55.6. The van der Waals surface area contributed by atoms with E-state index >= 15 is 0 Å². The molecule has 0 spiro atoms. The monoisotopic (exact) mass is 708 g/mol. The van der Waals surface area contributed by atoms with Crippen molar-refractivity contribution in [3.63, 3.8) is 0 Å². The van der Waals surface area contributed by atoms with Gasteiger partial charge < -0.3 is 15.2 Å². The molecule has 8 rings (SSSR count). The molecule has 0 aliphatic carbocycles. The van der Waals surface area contributed by atoms with Crippen LogP contribution < -0.4 is 15.2 Å². The van der Waals surface area contributed by atoms with E-state index in [4.69, 9.17) is 35.6 Å². The van der Waals surface area contributed by atoms with Crippen molar-refractivity contribution in [3.8, 4) is 34.0 Å². The first-order chi connectivity index (χ1) is 26.7. The second-order valence-electron chi connectivity index (χ2n) is 13.0. The van der Waals surface area contributed by atoms with Gasteiger partial charge in [0.15, 0.2) is 5.54 Å². The van der Waals surface area contributed by atoms with Crippen LogP contribution in [0, 0.1) is 0 Å². The first kappa shape index (κ1) is 34.4.